The molecule has 2 aliphatic heterocycles. The number of piperazine rings is 1. The molecule has 2 aromatic rings. The quantitative estimate of drug-likeness (QED) is 0.413. The smallest absolute Gasteiger partial charge is 0.273 e. The van der Waals surface area contributed by atoms with Crippen molar-refractivity contribution in [2.75, 3.05) is 55.6 Å². The summed E-state index contributed by atoms with van der Waals surface area (Å²) < 4.78 is 0. The van der Waals surface area contributed by atoms with Gasteiger partial charge in [-0.05, 0) is 51.3 Å². The first-order chi connectivity index (χ1) is 18.3. The summed E-state index contributed by atoms with van der Waals surface area (Å²) in [6, 6.07) is 4.66. The largest absolute Gasteiger partial charge is 0.383 e. The van der Waals surface area contributed by atoms with Crippen molar-refractivity contribution in [2.45, 2.75) is 64.6 Å². The van der Waals surface area contributed by atoms with Crippen molar-refractivity contribution in [1.29, 1.82) is 0 Å². The number of anilines is 3. The molecule has 2 atom stereocenters. The fourth-order valence-corrected chi connectivity index (χ4v) is 5.90. The Balaban J connectivity index is 1.38. The number of carbonyl (C=O) groups excluding carboxylic acids is 1. The van der Waals surface area contributed by atoms with Crippen molar-refractivity contribution in [2.24, 2.45) is 0 Å². The van der Waals surface area contributed by atoms with Gasteiger partial charge in [0.25, 0.3) is 5.91 Å². The summed E-state index contributed by atoms with van der Waals surface area (Å²) in [4.78, 5) is 32.7. The highest BCUT2D eigenvalue weighted by Gasteiger charge is 2.34. The van der Waals surface area contributed by atoms with Crippen molar-refractivity contribution in [3.05, 3.63) is 33.7 Å². The van der Waals surface area contributed by atoms with Crippen LogP contribution in [0.3, 0.4) is 0 Å². The van der Waals surface area contributed by atoms with E-state index in [4.69, 9.17) is 34.7 Å². The van der Waals surface area contributed by atoms with Gasteiger partial charge in [0, 0.05) is 50.4 Å². The molecule has 4 rings (SSSR count). The minimum Gasteiger partial charge on any atom is -0.383 e. The van der Waals surface area contributed by atoms with Gasteiger partial charge in [-0.15, -0.1) is 0 Å². The van der Waals surface area contributed by atoms with Crippen molar-refractivity contribution >= 4 is 46.6 Å². The fourth-order valence-electron chi connectivity index (χ4n) is 5.50. The van der Waals surface area contributed by atoms with E-state index in [9.17, 15) is 4.79 Å². The van der Waals surface area contributed by atoms with E-state index in [1.165, 1.54) is 0 Å². The van der Waals surface area contributed by atoms with E-state index >= 15 is 0 Å². The Bertz CT molecular complexity index is 1120. The maximum Gasteiger partial charge on any atom is 0.273 e. The third-order valence-electron chi connectivity index (χ3n) is 7.54. The first kappa shape index (κ1) is 28.6. The number of nitrogens with zero attached hydrogens (tertiary/aromatic N) is 6. The molecule has 0 aromatic carbocycles. The zero-order valence-corrected chi connectivity index (χ0v) is 23.8. The average molecular weight is 565 g/mol. The third kappa shape index (κ3) is 6.77. The second-order valence-corrected chi connectivity index (χ2v) is 10.9. The molecule has 38 heavy (non-hydrogen) atoms. The van der Waals surface area contributed by atoms with Crippen LogP contribution in [0.2, 0.25) is 10.3 Å². The number of aromatic nitrogens is 3. The minimum atomic E-state index is -0.348. The molecule has 2 saturated heterocycles. The van der Waals surface area contributed by atoms with Gasteiger partial charge >= 0.3 is 0 Å². The van der Waals surface area contributed by atoms with Gasteiger partial charge in [0.05, 0.1) is 0 Å². The van der Waals surface area contributed by atoms with E-state index in [2.05, 4.69) is 41.9 Å². The predicted molar refractivity (Wildman–Crippen MR) is 154 cm³/mol. The number of nitrogens with two attached hydrogens (primary N) is 2. The molecular formula is C26H39Cl2N9O. The molecule has 0 bridgehead atoms. The maximum atomic E-state index is 12.4. The summed E-state index contributed by atoms with van der Waals surface area (Å²) in [5, 5.41) is 3.42. The van der Waals surface area contributed by atoms with Crippen LogP contribution in [-0.4, -0.2) is 82.0 Å². The molecule has 2 aliphatic rings. The van der Waals surface area contributed by atoms with E-state index in [1.54, 1.807) is 6.07 Å². The predicted octanol–water partition coefficient (Wildman–Crippen LogP) is 3.44. The maximum absolute atomic E-state index is 12.4. The van der Waals surface area contributed by atoms with Gasteiger partial charge < -0.3 is 21.7 Å². The number of halogens is 2. The number of hydrogen-bond acceptors (Lipinski definition) is 9. The van der Waals surface area contributed by atoms with Crippen LogP contribution in [-0.2, 0) is 6.54 Å². The Kier molecular flexibility index (Phi) is 9.86. The van der Waals surface area contributed by atoms with Crippen LogP contribution in [0.4, 0.5) is 17.5 Å². The first-order valence-electron chi connectivity index (χ1n) is 13.6. The van der Waals surface area contributed by atoms with Gasteiger partial charge in [0.1, 0.15) is 11.0 Å². The molecule has 0 spiro atoms. The number of amides is 1. The number of carbonyl (C=O) groups is 1. The fraction of sp³-hybridized carbons (Fsp3) is 0.615. The summed E-state index contributed by atoms with van der Waals surface area (Å²) in [5.41, 5.74) is 13.3. The van der Waals surface area contributed by atoms with Crippen molar-refractivity contribution in [3.8, 4) is 0 Å². The van der Waals surface area contributed by atoms with E-state index < -0.39 is 0 Å². The Hall–Kier alpha value is -2.40. The summed E-state index contributed by atoms with van der Waals surface area (Å²) in [6.07, 6.45) is 5.24. The molecular weight excluding hydrogens is 525 g/mol. The van der Waals surface area contributed by atoms with Crippen LogP contribution in [0.15, 0.2) is 12.1 Å². The molecule has 12 heteroatoms. The summed E-state index contributed by atoms with van der Waals surface area (Å²) >= 11 is 12.5. The zero-order valence-electron chi connectivity index (χ0n) is 22.3. The lowest BCUT2D eigenvalue weighted by molar-refractivity contribution is 0.0949. The van der Waals surface area contributed by atoms with Crippen molar-refractivity contribution < 1.29 is 4.79 Å². The molecule has 2 aromatic heterocycles. The van der Waals surface area contributed by atoms with Gasteiger partial charge in [-0.1, -0.05) is 43.1 Å². The van der Waals surface area contributed by atoms with E-state index in [1.807, 2.05) is 13.0 Å². The Morgan fingerprint density at radius 2 is 1.87 bits per heavy atom. The zero-order chi connectivity index (χ0) is 27.2. The minimum absolute atomic E-state index is 0.0806. The number of likely N-dealkylation sites (tertiary alicyclic amines) is 1. The van der Waals surface area contributed by atoms with Crippen LogP contribution in [0.5, 0.6) is 0 Å². The van der Waals surface area contributed by atoms with Crippen molar-refractivity contribution in [3.63, 3.8) is 0 Å². The van der Waals surface area contributed by atoms with Gasteiger partial charge in [-0.25, -0.2) is 15.0 Å². The molecule has 4 heterocycles. The monoisotopic (exact) mass is 563 g/mol. The lowest BCUT2D eigenvalue weighted by Crippen LogP contribution is -2.56. The lowest BCUT2D eigenvalue weighted by Gasteiger charge is -2.45. The molecule has 10 nitrogen and oxygen atoms in total. The standard InChI is InChI=1S/C26H39Cl2N9O/c1-3-10-31-26(38)21-24(30)34-25(22(28)33-21)36-13-14-37(18(4-2)16-36)19-6-5-11-35(12-9-19)15-17-7-8-20(27)32-23(17)29/h7-8,18-19H,3-6,9-16H2,1-2H3,(H2,29,32)(H2,30,34)(H,31,38). The van der Waals surface area contributed by atoms with Gasteiger partial charge in [-0.3, -0.25) is 14.6 Å². The Morgan fingerprint density at radius 1 is 1.05 bits per heavy atom. The van der Waals surface area contributed by atoms with Gasteiger partial charge in [0.15, 0.2) is 22.5 Å². The summed E-state index contributed by atoms with van der Waals surface area (Å²) in [5.74, 6) is 0.820. The molecule has 2 unspecified atom stereocenters. The summed E-state index contributed by atoms with van der Waals surface area (Å²) in [7, 11) is 0. The number of pyridine rings is 1. The lowest BCUT2D eigenvalue weighted by atomic mass is 10.0. The van der Waals surface area contributed by atoms with Crippen LogP contribution in [0, 0.1) is 0 Å². The molecule has 2 fully saturated rings. The SMILES string of the molecule is CCCNC(=O)c1nc(Cl)c(N2CCN(C3CCCN(Cc4ccc(Cl)nc4N)CC3)C(CC)C2)nc1N. The van der Waals surface area contributed by atoms with Crippen LogP contribution in [0.25, 0.3) is 0 Å². The van der Waals surface area contributed by atoms with E-state index in [0.717, 1.165) is 76.9 Å². The Labute approximate surface area is 235 Å². The first-order valence-corrected chi connectivity index (χ1v) is 14.3. The van der Waals surface area contributed by atoms with Gasteiger partial charge in [-0.2, -0.15) is 0 Å². The topological polar surface area (TPSA) is 130 Å². The highest BCUT2D eigenvalue weighted by molar-refractivity contribution is 6.32. The second-order valence-electron chi connectivity index (χ2n) is 10.1. The average Bonchev–Trinajstić information content (AvgIpc) is 3.15. The van der Waals surface area contributed by atoms with E-state index in [-0.39, 0.29) is 22.6 Å². The second kappa shape index (κ2) is 13.1. The molecule has 1 amide bonds. The highest BCUT2D eigenvalue weighted by atomic mass is 35.5. The number of nitrogen functional groups attached to an aromatic ring is 2. The number of rotatable bonds is 8. The summed E-state index contributed by atoms with van der Waals surface area (Å²) in [6.45, 7) is 10.1. The van der Waals surface area contributed by atoms with Crippen LogP contribution >= 0.6 is 23.2 Å². The molecule has 0 saturated carbocycles. The number of hydrogen-bond donors (Lipinski definition) is 3. The van der Waals surface area contributed by atoms with Crippen LogP contribution < -0.4 is 21.7 Å². The van der Waals surface area contributed by atoms with E-state index in [0.29, 0.717) is 35.4 Å². The van der Waals surface area contributed by atoms with Crippen LogP contribution in [0.1, 0.15) is 62.0 Å². The van der Waals surface area contributed by atoms with Gasteiger partial charge in [0.2, 0.25) is 0 Å². The molecule has 208 valence electrons. The number of nitrogens with one attached hydrogen (secondary N) is 1. The molecule has 0 aliphatic carbocycles. The molecule has 0 radical (unpaired) electrons. The Morgan fingerprint density at radius 3 is 2.61 bits per heavy atom. The third-order valence-corrected chi connectivity index (χ3v) is 8.01. The highest BCUT2D eigenvalue weighted by Crippen LogP contribution is 2.30. The normalized spacial score (nSPS) is 21.3. The molecule has 5 N–H and O–H groups in total. The van der Waals surface area contributed by atoms with Crippen molar-refractivity contribution in [1.82, 2.24) is 30.1 Å².